The molecule has 0 fully saturated rings. The third-order valence-electron chi connectivity index (χ3n) is 6.01. The maximum atomic E-state index is 13.9. The summed E-state index contributed by atoms with van der Waals surface area (Å²) in [5.74, 6) is -1.40. The van der Waals surface area contributed by atoms with Crippen LogP contribution in [0.3, 0.4) is 0 Å². The molecule has 10 heteroatoms. The van der Waals surface area contributed by atoms with Crippen molar-refractivity contribution < 1.29 is 18.6 Å². The maximum absolute atomic E-state index is 13.9. The van der Waals surface area contributed by atoms with Crippen LogP contribution in [0.15, 0.2) is 58.5 Å². The number of aliphatic hydroxyl groups is 1. The van der Waals surface area contributed by atoms with Gasteiger partial charge in [-0.1, -0.05) is 0 Å². The Morgan fingerprint density at radius 2 is 1.76 bits per heavy atom. The van der Waals surface area contributed by atoms with Gasteiger partial charge in [0.2, 0.25) is 0 Å². The van der Waals surface area contributed by atoms with Gasteiger partial charge in [0, 0.05) is 29.6 Å². The van der Waals surface area contributed by atoms with Gasteiger partial charge in [0.1, 0.15) is 23.9 Å². The molecule has 0 aliphatic carbocycles. The highest BCUT2D eigenvalue weighted by molar-refractivity contribution is 5.48. The number of halogens is 2. The second-order valence-corrected chi connectivity index (χ2v) is 9.24. The van der Waals surface area contributed by atoms with Crippen molar-refractivity contribution >= 4 is 0 Å². The average molecular weight is 509 g/mol. The van der Waals surface area contributed by atoms with E-state index in [1.807, 2.05) is 0 Å². The van der Waals surface area contributed by atoms with E-state index in [1.165, 1.54) is 29.2 Å². The fourth-order valence-corrected chi connectivity index (χ4v) is 3.97. The monoisotopic (exact) mass is 508 g/mol. The Bertz CT molecular complexity index is 1620. The highest BCUT2D eigenvalue weighted by Crippen LogP contribution is 2.23. The predicted molar refractivity (Wildman–Crippen MR) is 133 cm³/mol. The summed E-state index contributed by atoms with van der Waals surface area (Å²) in [6, 6.07) is 7.23. The van der Waals surface area contributed by atoms with Crippen LogP contribution in [0.25, 0.3) is 11.4 Å². The quantitative estimate of drug-likeness (QED) is 0.426. The van der Waals surface area contributed by atoms with Gasteiger partial charge in [-0.15, -0.1) is 0 Å². The van der Waals surface area contributed by atoms with Crippen molar-refractivity contribution in [2.45, 2.75) is 46.8 Å². The van der Waals surface area contributed by atoms with Crippen LogP contribution in [-0.2, 0) is 12.2 Å². The number of aromatic nitrogens is 4. The van der Waals surface area contributed by atoms with E-state index in [4.69, 9.17) is 4.74 Å². The molecule has 0 atom stereocenters. The largest absolute Gasteiger partial charge is 0.487 e. The fourth-order valence-electron chi connectivity index (χ4n) is 3.97. The molecule has 4 rings (SSSR count). The fraction of sp³-hybridized carbons (Fsp3) is 0.259. The second-order valence-electron chi connectivity index (χ2n) is 9.24. The molecule has 0 spiro atoms. The number of hydrogen-bond acceptors (Lipinski definition) is 6. The van der Waals surface area contributed by atoms with Crippen molar-refractivity contribution in [3.63, 3.8) is 0 Å². The molecule has 192 valence electrons. The van der Waals surface area contributed by atoms with Crippen LogP contribution in [-0.4, -0.2) is 24.2 Å². The van der Waals surface area contributed by atoms with Gasteiger partial charge in [0.05, 0.1) is 40.6 Å². The van der Waals surface area contributed by atoms with Gasteiger partial charge < -0.3 is 9.84 Å². The zero-order valence-corrected chi connectivity index (χ0v) is 21.0. The van der Waals surface area contributed by atoms with Crippen LogP contribution >= 0.6 is 0 Å². The Labute approximate surface area is 211 Å². The summed E-state index contributed by atoms with van der Waals surface area (Å²) in [5, 5.41) is 10.4. The highest BCUT2D eigenvalue weighted by atomic mass is 19.1. The molecular weight excluding hydrogens is 482 g/mol. The van der Waals surface area contributed by atoms with Crippen molar-refractivity contribution in [3.05, 3.63) is 109 Å². The van der Waals surface area contributed by atoms with Crippen molar-refractivity contribution in [2.24, 2.45) is 0 Å². The van der Waals surface area contributed by atoms with Crippen LogP contribution in [0.4, 0.5) is 8.78 Å². The summed E-state index contributed by atoms with van der Waals surface area (Å²) in [6.07, 6.45) is 3.97. The standard InChI is InChI=1S/C27H26F2N4O4/c1-15-9-24(37-14-22-21(29)10-18(28)12-31-22)16(2)25(34)33(15)23-11-19(13-30-17(23)3)32-8-6-7-20(26(32)35)27(4,5)36/h6-13,36H,14H2,1-5H3. The number of aryl methyl sites for hydroxylation is 2. The Kier molecular flexibility index (Phi) is 6.79. The zero-order chi connectivity index (χ0) is 27.1. The molecule has 4 aromatic heterocycles. The molecule has 0 aliphatic heterocycles. The van der Waals surface area contributed by atoms with Gasteiger partial charge in [-0.25, -0.2) is 8.78 Å². The summed E-state index contributed by atoms with van der Waals surface area (Å²) < 4.78 is 35.5. The molecule has 0 aromatic carbocycles. The minimum absolute atomic E-state index is 0.0888. The molecule has 37 heavy (non-hydrogen) atoms. The summed E-state index contributed by atoms with van der Waals surface area (Å²) in [7, 11) is 0. The molecule has 0 saturated heterocycles. The van der Waals surface area contributed by atoms with E-state index in [1.54, 1.807) is 51.2 Å². The van der Waals surface area contributed by atoms with Gasteiger partial charge in [0.15, 0.2) is 5.82 Å². The van der Waals surface area contributed by atoms with Crippen molar-refractivity contribution in [2.75, 3.05) is 0 Å². The first kappa shape index (κ1) is 25.9. The Hall–Kier alpha value is -4.18. The average Bonchev–Trinajstić information content (AvgIpc) is 2.82. The smallest absolute Gasteiger partial charge is 0.261 e. The minimum atomic E-state index is -1.34. The molecule has 8 nitrogen and oxygen atoms in total. The summed E-state index contributed by atoms with van der Waals surface area (Å²) >= 11 is 0. The number of rotatable bonds is 6. The molecule has 0 bridgehead atoms. The Balaban J connectivity index is 1.76. The van der Waals surface area contributed by atoms with E-state index in [0.29, 0.717) is 28.8 Å². The first-order chi connectivity index (χ1) is 17.4. The first-order valence-corrected chi connectivity index (χ1v) is 11.5. The van der Waals surface area contributed by atoms with E-state index in [-0.39, 0.29) is 34.7 Å². The predicted octanol–water partition coefficient (Wildman–Crippen LogP) is 3.79. The Morgan fingerprint density at radius 1 is 1.03 bits per heavy atom. The third kappa shape index (κ3) is 5.05. The van der Waals surface area contributed by atoms with Crippen molar-refractivity contribution in [3.8, 4) is 17.1 Å². The topological polar surface area (TPSA) is 99.2 Å². The van der Waals surface area contributed by atoms with Gasteiger partial charge in [0.25, 0.3) is 11.1 Å². The summed E-state index contributed by atoms with van der Waals surface area (Å²) in [4.78, 5) is 34.6. The molecule has 0 saturated carbocycles. The molecule has 0 aliphatic rings. The van der Waals surface area contributed by atoms with Gasteiger partial charge in [-0.3, -0.25) is 28.7 Å². The highest BCUT2D eigenvalue weighted by Gasteiger charge is 2.22. The summed E-state index contributed by atoms with van der Waals surface area (Å²) in [5.41, 5.74) is 0.195. The zero-order valence-electron chi connectivity index (χ0n) is 21.0. The van der Waals surface area contributed by atoms with E-state index in [0.717, 1.165) is 6.20 Å². The molecule has 4 heterocycles. The molecular formula is C27H26F2N4O4. The van der Waals surface area contributed by atoms with Crippen LogP contribution in [0.5, 0.6) is 5.75 Å². The molecule has 0 amide bonds. The number of ether oxygens (including phenoxy) is 1. The lowest BCUT2D eigenvalue weighted by Gasteiger charge is -2.19. The van der Waals surface area contributed by atoms with Crippen molar-refractivity contribution in [1.29, 1.82) is 0 Å². The van der Waals surface area contributed by atoms with Crippen LogP contribution in [0, 0.1) is 32.4 Å². The molecule has 1 N–H and O–H groups in total. The normalized spacial score (nSPS) is 11.6. The lowest BCUT2D eigenvalue weighted by atomic mass is 10.0. The van der Waals surface area contributed by atoms with E-state index in [9.17, 15) is 23.5 Å². The SMILES string of the molecule is Cc1ncc(-n2cccc(C(C)(C)O)c2=O)cc1-n1c(C)cc(OCc2ncc(F)cc2F)c(C)c1=O. The number of hydrogen-bond donors (Lipinski definition) is 1. The van der Waals surface area contributed by atoms with Crippen LogP contribution < -0.4 is 15.9 Å². The molecule has 0 radical (unpaired) electrons. The molecule has 4 aromatic rings. The summed E-state index contributed by atoms with van der Waals surface area (Å²) in [6.45, 7) is 7.80. The van der Waals surface area contributed by atoms with Gasteiger partial charge >= 0.3 is 0 Å². The minimum Gasteiger partial charge on any atom is -0.487 e. The van der Waals surface area contributed by atoms with Crippen LogP contribution in [0.2, 0.25) is 0 Å². The van der Waals surface area contributed by atoms with E-state index in [2.05, 4.69) is 9.97 Å². The number of nitrogens with zero attached hydrogens (tertiary/aromatic N) is 4. The molecule has 0 unspecified atom stereocenters. The van der Waals surface area contributed by atoms with Gasteiger partial charge in [-0.05, 0) is 52.8 Å². The first-order valence-electron chi connectivity index (χ1n) is 11.5. The van der Waals surface area contributed by atoms with Gasteiger partial charge in [-0.2, -0.15) is 0 Å². The van der Waals surface area contributed by atoms with E-state index < -0.39 is 22.8 Å². The van der Waals surface area contributed by atoms with E-state index >= 15 is 0 Å². The lowest BCUT2D eigenvalue weighted by Crippen LogP contribution is -2.31. The lowest BCUT2D eigenvalue weighted by molar-refractivity contribution is 0.0768. The third-order valence-corrected chi connectivity index (χ3v) is 6.01. The number of pyridine rings is 4. The Morgan fingerprint density at radius 3 is 2.43 bits per heavy atom. The second kappa shape index (κ2) is 9.70. The van der Waals surface area contributed by atoms with Crippen molar-refractivity contribution in [1.82, 2.24) is 19.1 Å². The van der Waals surface area contributed by atoms with Crippen LogP contribution in [0.1, 0.15) is 42.1 Å². The maximum Gasteiger partial charge on any atom is 0.261 e.